The quantitative estimate of drug-likeness (QED) is 0.506. The van der Waals surface area contributed by atoms with Gasteiger partial charge in [0.05, 0.1) is 18.1 Å². The van der Waals surface area contributed by atoms with Gasteiger partial charge >= 0.3 is 5.97 Å². The van der Waals surface area contributed by atoms with E-state index in [9.17, 15) is 4.79 Å². The smallest absolute Gasteiger partial charge is 0.305 e. The molecule has 32 heavy (non-hydrogen) atoms. The molecule has 2 aliphatic rings. The van der Waals surface area contributed by atoms with E-state index in [0.717, 1.165) is 66.7 Å². The predicted molar refractivity (Wildman–Crippen MR) is 128 cm³/mol. The predicted octanol–water partition coefficient (Wildman–Crippen LogP) is 6.02. The Morgan fingerprint density at radius 2 is 1.81 bits per heavy atom. The fraction of sp³-hybridized carbons (Fsp3) is 0.370. The van der Waals surface area contributed by atoms with Gasteiger partial charge in [0.25, 0.3) is 0 Å². The molecule has 5 rings (SSSR count). The molecule has 0 atom stereocenters. The Kier molecular flexibility index (Phi) is 5.89. The molecular formula is C27H29N3O2. The summed E-state index contributed by atoms with van der Waals surface area (Å²) in [5.74, 6) is 1.91. The second-order valence-corrected chi connectivity index (χ2v) is 8.95. The van der Waals surface area contributed by atoms with Gasteiger partial charge in [0, 0.05) is 23.9 Å². The number of hydrogen-bond acceptors (Lipinski definition) is 4. The lowest BCUT2D eigenvalue weighted by atomic mass is 9.77. The van der Waals surface area contributed by atoms with Crippen LogP contribution in [-0.4, -0.2) is 28.8 Å². The van der Waals surface area contributed by atoms with Crippen molar-refractivity contribution in [3.05, 3.63) is 71.7 Å². The molecule has 1 N–H and O–H groups in total. The highest BCUT2D eigenvalue weighted by atomic mass is 16.5. The van der Waals surface area contributed by atoms with Crippen LogP contribution in [0.25, 0.3) is 16.6 Å². The summed E-state index contributed by atoms with van der Waals surface area (Å²) in [5.41, 5.74) is 6.96. The molecule has 1 fully saturated rings. The molecular weight excluding hydrogens is 398 g/mol. The van der Waals surface area contributed by atoms with E-state index in [-0.39, 0.29) is 5.97 Å². The maximum absolute atomic E-state index is 11.5. The molecule has 1 saturated carbocycles. The number of benzene rings is 2. The Morgan fingerprint density at radius 1 is 1.03 bits per heavy atom. The minimum atomic E-state index is -0.0800. The first-order valence-corrected chi connectivity index (χ1v) is 11.6. The Labute approximate surface area is 188 Å². The standard InChI is InChI=1S/C27H29N3O2/c1-32-26(31)16-18-6-8-19(9-7-18)20-10-12-21(13-11-20)23-15-14-22(17-28-23)27-29-24-4-2-3-5-25(24)30-27/h2-5,10-13,17-19H,6-9,14-16H2,1H3,(H,29,30). The number of H-pyrrole nitrogens is 1. The number of rotatable bonds is 5. The fourth-order valence-electron chi connectivity index (χ4n) is 5.01. The molecule has 5 nitrogen and oxygen atoms in total. The van der Waals surface area contributed by atoms with E-state index in [1.165, 1.54) is 18.2 Å². The number of hydrogen-bond donors (Lipinski definition) is 1. The molecule has 0 amide bonds. The SMILES string of the molecule is COC(=O)CC1CCC(c2ccc(C3=NC=C(c4nc5ccccc5[nH]4)CC3)cc2)CC1. The largest absolute Gasteiger partial charge is 0.469 e. The van der Waals surface area contributed by atoms with Gasteiger partial charge in [-0.3, -0.25) is 9.79 Å². The van der Waals surface area contributed by atoms with Gasteiger partial charge in [-0.15, -0.1) is 0 Å². The van der Waals surface area contributed by atoms with Gasteiger partial charge in [-0.1, -0.05) is 36.4 Å². The molecule has 0 radical (unpaired) electrons. The summed E-state index contributed by atoms with van der Waals surface area (Å²) in [7, 11) is 1.47. The number of methoxy groups -OCH3 is 1. The molecule has 1 aliphatic heterocycles. The van der Waals surface area contributed by atoms with Gasteiger partial charge in [-0.2, -0.15) is 0 Å². The molecule has 0 bridgehead atoms. The van der Waals surface area contributed by atoms with Crippen LogP contribution in [0.3, 0.4) is 0 Å². The maximum Gasteiger partial charge on any atom is 0.305 e. The van der Waals surface area contributed by atoms with E-state index in [1.807, 2.05) is 24.4 Å². The average Bonchev–Trinajstić information content (AvgIpc) is 3.29. The van der Waals surface area contributed by atoms with Crippen molar-refractivity contribution in [2.75, 3.05) is 7.11 Å². The van der Waals surface area contributed by atoms with Crippen LogP contribution in [0.15, 0.2) is 59.7 Å². The summed E-state index contributed by atoms with van der Waals surface area (Å²) in [6.45, 7) is 0. The Hall–Kier alpha value is -3.21. The molecule has 0 unspecified atom stereocenters. The van der Waals surface area contributed by atoms with E-state index in [4.69, 9.17) is 14.7 Å². The number of nitrogens with one attached hydrogen (secondary N) is 1. The maximum atomic E-state index is 11.5. The number of esters is 1. The molecule has 3 aromatic rings. The molecule has 5 heteroatoms. The number of ether oxygens (including phenoxy) is 1. The monoisotopic (exact) mass is 427 g/mol. The molecule has 1 aromatic heterocycles. The van der Waals surface area contributed by atoms with Crippen molar-refractivity contribution in [1.29, 1.82) is 0 Å². The Morgan fingerprint density at radius 3 is 2.50 bits per heavy atom. The fourth-order valence-corrected chi connectivity index (χ4v) is 5.01. The number of carbonyl (C=O) groups is 1. The highest BCUT2D eigenvalue weighted by Gasteiger charge is 2.24. The number of aliphatic imine (C=N–C) groups is 1. The van der Waals surface area contributed by atoms with Gasteiger partial charge in [0.15, 0.2) is 0 Å². The van der Waals surface area contributed by atoms with Crippen LogP contribution in [-0.2, 0) is 9.53 Å². The lowest BCUT2D eigenvalue weighted by molar-refractivity contribution is -0.142. The van der Waals surface area contributed by atoms with Crippen LogP contribution in [0.4, 0.5) is 0 Å². The summed E-state index contributed by atoms with van der Waals surface area (Å²) < 4.78 is 4.82. The first-order valence-electron chi connectivity index (χ1n) is 11.6. The number of para-hydroxylation sites is 2. The number of nitrogens with zero attached hydrogens (tertiary/aromatic N) is 2. The second kappa shape index (κ2) is 9.11. The van der Waals surface area contributed by atoms with Crippen molar-refractivity contribution in [2.45, 2.75) is 50.9 Å². The van der Waals surface area contributed by atoms with Crippen molar-refractivity contribution in [3.63, 3.8) is 0 Å². The normalized spacial score (nSPS) is 21.2. The topological polar surface area (TPSA) is 67.3 Å². The third-order valence-electron chi connectivity index (χ3n) is 6.95. The van der Waals surface area contributed by atoms with Crippen molar-refractivity contribution in [1.82, 2.24) is 9.97 Å². The zero-order valence-electron chi connectivity index (χ0n) is 18.5. The molecule has 0 spiro atoms. The van der Waals surface area contributed by atoms with Gasteiger partial charge in [0.1, 0.15) is 5.82 Å². The van der Waals surface area contributed by atoms with Crippen molar-refractivity contribution < 1.29 is 9.53 Å². The van der Waals surface area contributed by atoms with E-state index < -0.39 is 0 Å². The van der Waals surface area contributed by atoms with Crippen LogP contribution < -0.4 is 0 Å². The molecule has 2 aromatic carbocycles. The van der Waals surface area contributed by atoms with Crippen LogP contribution >= 0.6 is 0 Å². The first-order chi connectivity index (χ1) is 15.7. The van der Waals surface area contributed by atoms with Crippen LogP contribution in [0.2, 0.25) is 0 Å². The van der Waals surface area contributed by atoms with Crippen molar-refractivity contribution in [2.24, 2.45) is 10.9 Å². The zero-order chi connectivity index (χ0) is 21.9. The summed E-state index contributed by atoms with van der Waals surface area (Å²) in [4.78, 5) is 24.4. The van der Waals surface area contributed by atoms with Gasteiger partial charge in [-0.25, -0.2) is 4.98 Å². The Bertz CT molecular complexity index is 1130. The van der Waals surface area contributed by atoms with Gasteiger partial charge in [0.2, 0.25) is 0 Å². The highest BCUT2D eigenvalue weighted by molar-refractivity contribution is 6.03. The zero-order valence-corrected chi connectivity index (χ0v) is 18.5. The van der Waals surface area contributed by atoms with Gasteiger partial charge < -0.3 is 9.72 Å². The first kappa shape index (κ1) is 20.7. The van der Waals surface area contributed by atoms with Crippen molar-refractivity contribution >= 4 is 28.3 Å². The molecule has 2 heterocycles. The van der Waals surface area contributed by atoms with Crippen molar-refractivity contribution in [3.8, 4) is 0 Å². The van der Waals surface area contributed by atoms with Crippen LogP contribution in [0.5, 0.6) is 0 Å². The molecule has 164 valence electrons. The third kappa shape index (κ3) is 4.38. The number of aromatic amines is 1. The molecule has 0 saturated heterocycles. The van der Waals surface area contributed by atoms with Gasteiger partial charge in [-0.05, 0) is 73.6 Å². The lowest BCUT2D eigenvalue weighted by Crippen LogP contribution is -2.17. The van der Waals surface area contributed by atoms with Crippen LogP contribution in [0, 0.1) is 5.92 Å². The van der Waals surface area contributed by atoms with E-state index in [0.29, 0.717) is 18.3 Å². The molecule has 1 aliphatic carbocycles. The average molecular weight is 428 g/mol. The minimum Gasteiger partial charge on any atom is -0.469 e. The lowest BCUT2D eigenvalue weighted by Gasteiger charge is -2.28. The number of imidazole rings is 1. The summed E-state index contributed by atoms with van der Waals surface area (Å²) in [5, 5.41) is 0. The number of allylic oxidation sites excluding steroid dienone is 1. The minimum absolute atomic E-state index is 0.0800. The summed E-state index contributed by atoms with van der Waals surface area (Å²) in [6.07, 6.45) is 8.87. The number of aromatic nitrogens is 2. The number of carbonyl (C=O) groups excluding carboxylic acids is 1. The van der Waals surface area contributed by atoms with E-state index in [2.05, 4.69) is 35.3 Å². The summed E-state index contributed by atoms with van der Waals surface area (Å²) in [6, 6.07) is 17.1. The Balaban J connectivity index is 1.23. The summed E-state index contributed by atoms with van der Waals surface area (Å²) >= 11 is 0. The van der Waals surface area contributed by atoms with Crippen LogP contribution in [0.1, 0.15) is 67.8 Å². The second-order valence-electron chi connectivity index (χ2n) is 8.95. The highest BCUT2D eigenvalue weighted by Crippen LogP contribution is 2.37. The third-order valence-corrected chi connectivity index (χ3v) is 6.95. The van der Waals surface area contributed by atoms with E-state index >= 15 is 0 Å². The van der Waals surface area contributed by atoms with E-state index in [1.54, 1.807) is 0 Å². The number of fused-ring (bicyclic) bond motifs is 1.